The zero-order chi connectivity index (χ0) is 12.5. The molecule has 3 rings (SSSR count). The first-order chi connectivity index (χ1) is 8.72. The number of ether oxygens (including phenoxy) is 1. The van der Waals surface area contributed by atoms with Gasteiger partial charge in [-0.1, -0.05) is 29.8 Å². The average Bonchev–Trinajstić information content (AvgIpc) is 3.15. The SMILES string of the molecule is Cc1ccccc1Oc1cc(Cl)nc(C2CC2)n1. The van der Waals surface area contributed by atoms with Gasteiger partial charge in [0.1, 0.15) is 16.7 Å². The third-order valence-electron chi connectivity index (χ3n) is 2.94. The molecule has 0 spiro atoms. The van der Waals surface area contributed by atoms with E-state index in [9.17, 15) is 0 Å². The molecule has 0 bridgehead atoms. The quantitative estimate of drug-likeness (QED) is 0.779. The molecule has 0 N–H and O–H groups in total. The van der Waals surface area contributed by atoms with Crippen LogP contribution in [0.25, 0.3) is 0 Å². The monoisotopic (exact) mass is 260 g/mol. The molecule has 92 valence electrons. The van der Waals surface area contributed by atoms with E-state index < -0.39 is 0 Å². The van der Waals surface area contributed by atoms with E-state index >= 15 is 0 Å². The second-order valence-electron chi connectivity index (χ2n) is 4.53. The Morgan fingerprint density at radius 2 is 2.00 bits per heavy atom. The molecular formula is C14H13ClN2O. The first kappa shape index (κ1) is 11.5. The Kier molecular flexibility index (Phi) is 2.92. The van der Waals surface area contributed by atoms with E-state index in [1.54, 1.807) is 6.07 Å². The minimum Gasteiger partial charge on any atom is -0.439 e. The fourth-order valence-electron chi connectivity index (χ4n) is 1.77. The number of halogens is 1. The van der Waals surface area contributed by atoms with Crippen LogP contribution in [0, 0.1) is 6.92 Å². The normalized spacial score (nSPS) is 14.6. The van der Waals surface area contributed by atoms with E-state index in [2.05, 4.69) is 9.97 Å². The van der Waals surface area contributed by atoms with Gasteiger partial charge in [-0.3, -0.25) is 0 Å². The standard InChI is InChI=1S/C14H13ClN2O/c1-9-4-2-3-5-11(9)18-13-8-12(15)16-14(17-13)10-6-7-10/h2-5,8,10H,6-7H2,1H3. The van der Waals surface area contributed by atoms with Crippen molar-refractivity contribution in [2.75, 3.05) is 0 Å². The fraction of sp³-hybridized carbons (Fsp3) is 0.286. The highest BCUT2D eigenvalue weighted by atomic mass is 35.5. The van der Waals surface area contributed by atoms with E-state index in [1.807, 2.05) is 31.2 Å². The van der Waals surface area contributed by atoms with Crippen LogP contribution in [0.1, 0.15) is 30.1 Å². The van der Waals surface area contributed by atoms with Gasteiger partial charge in [0, 0.05) is 12.0 Å². The molecule has 1 saturated carbocycles. The Hall–Kier alpha value is -1.61. The molecule has 0 radical (unpaired) electrons. The highest BCUT2D eigenvalue weighted by Gasteiger charge is 2.27. The molecule has 1 aromatic heterocycles. The van der Waals surface area contributed by atoms with Gasteiger partial charge in [-0.2, -0.15) is 4.98 Å². The van der Waals surface area contributed by atoms with Crippen molar-refractivity contribution < 1.29 is 4.74 Å². The predicted octanol–water partition coefficient (Wildman–Crippen LogP) is 4.11. The summed E-state index contributed by atoms with van der Waals surface area (Å²) < 4.78 is 5.77. The van der Waals surface area contributed by atoms with Gasteiger partial charge in [-0.05, 0) is 31.4 Å². The maximum absolute atomic E-state index is 6.00. The Morgan fingerprint density at radius 3 is 2.72 bits per heavy atom. The van der Waals surface area contributed by atoms with Gasteiger partial charge in [0.25, 0.3) is 0 Å². The Bertz CT molecular complexity index is 582. The lowest BCUT2D eigenvalue weighted by atomic mass is 10.2. The Balaban J connectivity index is 1.90. The number of hydrogen-bond acceptors (Lipinski definition) is 3. The first-order valence-corrected chi connectivity index (χ1v) is 6.38. The average molecular weight is 261 g/mol. The van der Waals surface area contributed by atoms with Crippen LogP contribution in [0.5, 0.6) is 11.6 Å². The van der Waals surface area contributed by atoms with Crippen LogP contribution in [0.2, 0.25) is 5.15 Å². The smallest absolute Gasteiger partial charge is 0.224 e. The molecule has 18 heavy (non-hydrogen) atoms. The lowest BCUT2D eigenvalue weighted by molar-refractivity contribution is 0.455. The molecule has 1 aliphatic carbocycles. The van der Waals surface area contributed by atoms with Crippen molar-refractivity contribution in [1.82, 2.24) is 9.97 Å². The summed E-state index contributed by atoms with van der Waals surface area (Å²) in [6.45, 7) is 2.00. The van der Waals surface area contributed by atoms with Crippen molar-refractivity contribution in [1.29, 1.82) is 0 Å². The molecule has 0 amide bonds. The zero-order valence-electron chi connectivity index (χ0n) is 10.1. The van der Waals surface area contributed by atoms with Gasteiger partial charge >= 0.3 is 0 Å². The molecule has 1 aliphatic rings. The number of para-hydroxylation sites is 1. The van der Waals surface area contributed by atoms with Crippen LogP contribution in [0.4, 0.5) is 0 Å². The number of aryl methyl sites for hydroxylation is 1. The molecule has 4 heteroatoms. The summed E-state index contributed by atoms with van der Waals surface area (Å²) in [7, 11) is 0. The highest BCUT2D eigenvalue weighted by molar-refractivity contribution is 6.29. The topological polar surface area (TPSA) is 35.0 Å². The maximum atomic E-state index is 6.00. The summed E-state index contributed by atoms with van der Waals surface area (Å²) in [5.74, 6) is 2.58. The zero-order valence-corrected chi connectivity index (χ0v) is 10.8. The van der Waals surface area contributed by atoms with E-state index in [0.717, 1.165) is 30.0 Å². The number of aromatic nitrogens is 2. The Labute approximate surface area is 111 Å². The van der Waals surface area contributed by atoms with Crippen LogP contribution >= 0.6 is 11.6 Å². The Morgan fingerprint density at radius 1 is 1.22 bits per heavy atom. The van der Waals surface area contributed by atoms with Crippen LogP contribution in [-0.4, -0.2) is 9.97 Å². The molecule has 1 fully saturated rings. The molecular weight excluding hydrogens is 248 g/mol. The number of rotatable bonds is 3. The minimum absolute atomic E-state index is 0.440. The third-order valence-corrected chi connectivity index (χ3v) is 3.13. The first-order valence-electron chi connectivity index (χ1n) is 6.00. The van der Waals surface area contributed by atoms with Gasteiger partial charge < -0.3 is 4.74 Å². The van der Waals surface area contributed by atoms with Gasteiger partial charge in [-0.25, -0.2) is 4.98 Å². The second kappa shape index (κ2) is 4.58. The van der Waals surface area contributed by atoms with Crippen molar-refractivity contribution in [3.8, 4) is 11.6 Å². The highest BCUT2D eigenvalue weighted by Crippen LogP contribution is 2.39. The van der Waals surface area contributed by atoms with Crippen molar-refractivity contribution in [2.24, 2.45) is 0 Å². The number of benzene rings is 1. The summed E-state index contributed by atoms with van der Waals surface area (Å²) in [6, 6.07) is 9.49. The lowest BCUT2D eigenvalue weighted by Gasteiger charge is -2.08. The van der Waals surface area contributed by atoms with Gasteiger partial charge in [-0.15, -0.1) is 0 Å². The van der Waals surface area contributed by atoms with E-state index in [0.29, 0.717) is 17.0 Å². The third kappa shape index (κ3) is 2.46. The van der Waals surface area contributed by atoms with Crippen LogP contribution in [0.3, 0.4) is 0 Å². The molecule has 1 aromatic carbocycles. The number of nitrogens with zero attached hydrogens (tertiary/aromatic N) is 2. The summed E-state index contributed by atoms with van der Waals surface area (Å²) in [5.41, 5.74) is 1.07. The molecule has 0 aliphatic heterocycles. The van der Waals surface area contributed by atoms with Crippen molar-refractivity contribution in [3.05, 3.63) is 46.9 Å². The summed E-state index contributed by atoms with van der Waals surface area (Å²) in [5, 5.41) is 0.440. The van der Waals surface area contributed by atoms with Gasteiger partial charge in [0.2, 0.25) is 5.88 Å². The number of hydrogen-bond donors (Lipinski definition) is 0. The second-order valence-corrected chi connectivity index (χ2v) is 4.92. The lowest BCUT2D eigenvalue weighted by Crippen LogP contribution is -1.97. The molecule has 0 unspecified atom stereocenters. The maximum Gasteiger partial charge on any atom is 0.224 e. The van der Waals surface area contributed by atoms with Gasteiger partial charge in [0.15, 0.2) is 0 Å². The van der Waals surface area contributed by atoms with Crippen LogP contribution in [-0.2, 0) is 0 Å². The predicted molar refractivity (Wildman–Crippen MR) is 70.3 cm³/mol. The fourth-order valence-corrected chi connectivity index (χ4v) is 1.95. The van der Waals surface area contributed by atoms with Crippen LogP contribution in [0.15, 0.2) is 30.3 Å². The van der Waals surface area contributed by atoms with Gasteiger partial charge in [0.05, 0.1) is 0 Å². The van der Waals surface area contributed by atoms with E-state index in [4.69, 9.17) is 16.3 Å². The molecule has 0 atom stereocenters. The van der Waals surface area contributed by atoms with Crippen molar-refractivity contribution in [2.45, 2.75) is 25.7 Å². The minimum atomic E-state index is 0.440. The van der Waals surface area contributed by atoms with Crippen LogP contribution < -0.4 is 4.74 Å². The molecule has 2 aromatic rings. The van der Waals surface area contributed by atoms with Crippen molar-refractivity contribution in [3.63, 3.8) is 0 Å². The largest absolute Gasteiger partial charge is 0.439 e. The summed E-state index contributed by atoms with van der Waals surface area (Å²) in [4.78, 5) is 8.65. The molecule has 3 nitrogen and oxygen atoms in total. The summed E-state index contributed by atoms with van der Waals surface area (Å²) in [6.07, 6.45) is 2.29. The van der Waals surface area contributed by atoms with Crippen molar-refractivity contribution >= 4 is 11.6 Å². The van der Waals surface area contributed by atoms with E-state index in [1.165, 1.54) is 0 Å². The van der Waals surface area contributed by atoms with E-state index in [-0.39, 0.29) is 0 Å². The summed E-state index contributed by atoms with van der Waals surface area (Å²) >= 11 is 6.00. The molecule has 1 heterocycles. The molecule has 0 saturated heterocycles.